The van der Waals surface area contributed by atoms with Crippen molar-refractivity contribution in [2.45, 2.75) is 38.6 Å². The summed E-state index contributed by atoms with van der Waals surface area (Å²) in [6, 6.07) is 9.23. The van der Waals surface area contributed by atoms with Crippen LogP contribution in [0.15, 0.2) is 30.3 Å². The average molecular weight is 299 g/mol. The fourth-order valence-electron chi connectivity index (χ4n) is 1.99. The molecule has 2 N–H and O–H groups in total. The van der Waals surface area contributed by atoms with Gasteiger partial charge in [0.2, 0.25) is 10.0 Å². The number of carbonyl (C=O) groups is 1. The van der Waals surface area contributed by atoms with E-state index in [1.807, 2.05) is 37.3 Å². The number of nitrogens with one attached hydrogen (secondary N) is 1. The number of hydrogen-bond acceptors (Lipinski definition) is 3. The van der Waals surface area contributed by atoms with Crippen LogP contribution in [0.4, 0.5) is 0 Å². The predicted molar refractivity (Wildman–Crippen MR) is 78.0 cm³/mol. The van der Waals surface area contributed by atoms with Crippen LogP contribution >= 0.6 is 0 Å². The van der Waals surface area contributed by atoms with Gasteiger partial charge in [-0.1, -0.05) is 43.7 Å². The predicted octanol–water partition coefficient (Wildman–Crippen LogP) is 1.79. The number of sulfonamides is 1. The number of aliphatic carboxylic acids is 1. The lowest BCUT2D eigenvalue weighted by molar-refractivity contribution is -0.143. The highest BCUT2D eigenvalue weighted by molar-refractivity contribution is 7.89. The van der Waals surface area contributed by atoms with Gasteiger partial charge in [-0.25, -0.2) is 8.42 Å². The first-order chi connectivity index (χ1) is 9.29. The molecule has 0 saturated carbocycles. The topological polar surface area (TPSA) is 83.5 Å². The molecule has 1 rings (SSSR count). The lowest BCUT2D eigenvalue weighted by atomic mass is 9.98. The monoisotopic (exact) mass is 299 g/mol. The lowest BCUT2D eigenvalue weighted by Gasteiger charge is -2.25. The van der Waals surface area contributed by atoms with Crippen LogP contribution in [0.5, 0.6) is 0 Å². The van der Waals surface area contributed by atoms with Crippen molar-refractivity contribution < 1.29 is 18.3 Å². The Labute approximate surface area is 120 Å². The Morgan fingerprint density at radius 1 is 1.30 bits per heavy atom. The van der Waals surface area contributed by atoms with Crippen LogP contribution in [0.2, 0.25) is 0 Å². The second-order valence-corrected chi connectivity index (χ2v) is 6.89. The van der Waals surface area contributed by atoms with Crippen LogP contribution in [-0.2, 0) is 21.2 Å². The molecule has 0 aliphatic heterocycles. The second-order valence-electron chi connectivity index (χ2n) is 5.04. The third kappa shape index (κ3) is 4.94. The Bertz CT molecular complexity index is 542. The van der Waals surface area contributed by atoms with Gasteiger partial charge in [0.1, 0.15) is 5.54 Å². The molecule has 0 radical (unpaired) electrons. The number of rotatable bonds is 8. The maximum absolute atomic E-state index is 12.0. The van der Waals surface area contributed by atoms with Gasteiger partial charge in [0, 0.05) is 0 Å². The van der Waals surface area contributed by atoms with E-state index in [-0.39, 0.29) is 12.2 Å². The molecule has 6 heteroatoms. The average Bonchev–Trinajstić information content (AvgIpc) is 2.37. The third-order valence-electron chi connectivity index (χ3n) is 3.11. The zero-order chi connectivity index (χ0) is 15.2. The van der Waals surface area contributed by atoms with Crippen LogP contribution < -0.4 is 4.72 Å². The summed E-state index contributed by atoms with van der Waals surface area (Å²) in [5, 5.41) is 9.19. The molecule has 20 heavy (non-hydrogen) atoms. The van der Waals surface area contributed by atoms with Crippen molar-refractivity contribution in [1.82, 2.24) is 4.72 Å². The fourth-order valence-corrected chi connectivity index (χ4v) is 3.48. The van der Waals surface area contributed by atoms with E-state index in [1.165, 1.54) is 6.92 Å². The third-order valence-corrected chi connectivity index (χ3v) is 4.61. The van der Waals surface area contributed by atoms with E-state index in [4.69, 9.17) is 0 Å². The number of carboxylic acids is 1. The molecule has 0 aliphatic rings. The van der Waals surface area contributed by atoms with E-state index in [0.717, 1.165) is 5.56 Å². The highest BCUT2D eigenvalue weighted by Crippen LogP contribution is 2.14. The minimum Gasteiger partial charge on any atom is -0.480 e. The van der Waals surface area contributed by atoms with Crippen molar-refractivity contribution in [3.8, 4) is 0 Å². The van der Waals surface area contributed by atoms with Crippen molar-refractivity contribution in [1.29, 1.82) is 0 Å². The Kier molecular flexibility index (Phi) is 5.71. The highest BCUT2D eigenvalue weighted by atomic mass is 32.2. The Morgan fingerprint density at radius 2 is 1.90 bits per heavy atom. The molecular weight excluding hydrogens is 278 g/mol. The van der Waals surface area contributed by atoms with Crippen LogP contribution in [0, 0.1) is 0 Å². The minimum absolute atomic E-state index is 0.121. The van der Waals surface area contributed by atoms with Crippen LogP contribution in [-0.4, -0.2) is 30.8 Å². The molecule has 0 fully saturated rings. The van der Waals surface area contributed by atoms with Crippen molar-refractivity contribution >= 4 is 16.0 Å². The maximum atomic E-state index is 12.0. The van der Waals surface area contributed by atoms with Gasteiger partial charge in [0.25, 0.3) is 0 Å². The van der Waals surface area contributed by atoms with Gasteiger partial charge in [0.15, 0.2) is 0 Å². The van der Waals surface area contributed by atoms with E-state index >= 15 is 0 Å². The first-order valence-electron chi connectivity index (χ1n) is 6.58. The molecule has 0 aromatic heterocycles. The Hall–Kier alpha value is -1.40. The largest absolute Gasteiger partial charge is 0.480 e. The summed E-state index contributed by atoms with van der Waals surface area (Å²) in [4.78, 5) is 11.2. The molecule has 0 spiro atoms. The molecule has 5 nitrogen and oxygen atoms in total. The summed E-state index contributed by atoms with van der Waals surface area (Å²) >= 11 is 0. The molecule has 0 aliphatic carbocycles. The van der Waals surface area contributed by atoms with Crippen LogP contribution in [0.3, 0.4) is 0 Å². The molecule has 1 aromatic carbocycles. The van der Waals surface area contributed by atoms with E-state index in [2.05, 4.69) is 4.72 Å². The normalized spacial score (nSPS) is 14.7. The van der Waals surface area contributed by atoms with E-state index < -0.39 is 21.5 Å². The van der Waals surface area contributed by atoms with Crippen LogP contribution in [0.1, 0.15) is 32.3 Å². The molecule has 0 heterocycles. The van der Waals surface area contributed by atoms with E-state index in [9.17, 15) is 18.3 Å². The van der Waals surface area contributed by atoms with Crippen LogP contribution in [0.25, 0.3) is 0 Å². The smallest absolute Gasteiger partial charge is 0.324 e. The van der Waals surface area contributed by atoms with Crippen molar-refractivity contribution in [3.05, 3.63) is 35.9 Å². The summed E-state index contributed by atoms with van der Waals surface area (Å²) in [5.74, 6) is -1.27. The molecular formula is C14H21NO4S. The minimum atomic E-state index is -3.64. The molecule has 1 aromatic rings. The molecule has 1 atom stereocenters. The molecule has 0 amide bonds. The first-order valence-corrected chi connectivity index (χ1v) is 8.23. The van der Waals surface area contributed by atoms with Crippen molar-refractivity contribution in [2.24, 2.45) is 0 Å². The molecule has 112 valence electrons. The van der Waals surface area contributed by atoms with Gasteiger partial charge < -0.3 is 5.11 Å². The molecule has 0 saturated heterocycles. The molecule has 0 bridgehead atoms. The zero-order valence-electron chi connectivity index (χ0n) is 11.8. The number of benzene rings is 1. The quantitative estimate of drug-likeness (QED) is 0.766. The Morgan fingerprint density at radius 3 is 2.40 bits per heavy atom. The van der Waals surface area contributed by atoms with E-state index in [0.29, 0.717) is 12.8 Å². The Balaban J connectivity index is 2.71. The zero-order valence-corrected chi connectivity index (χ0v) is 12.6. The van der Waals surface area contributed by atoms with Gasteiger partial charge in [-0.3, -0.25) is 4.79 Å². The van der Waals surface area contributed by atoms with E-state index in [1.54, 1.807) is 0 Å². The standard InChI is InChI=1S/C14H21NO4S/c1-3-10-14(2,13(16)17)15-20(18,19)11-9-12-7-5-4-6-8-12/h4-8,15H,3,9-11H2,1-2H3,(H,16,17). The summed E-state index contributed by atoms with van der Waals surface area (Å²) in [6.07, 6.45) is 1.20. The second kappa shape index (κ2) is 6.85. The molecule has 1 unspecified atom stereocenters. The number of hydrogen-bond donors (Lipinski definition) is 2. The maximum Gasteiger partial charge on any atom is 0.324 e. The summed E-state index contributed by atoms with van der Waals surface area (Å²) in [7, 11) is -3.64. The van der Waals surface area contributed by atoms with Crippen molar-refractivity contribution in [3.63, 3.8) is 0 Å². The lowest BCUT2D eigenvalue weighted by Crippen LogP contribution is -2.52. The van der Waals surface area contributed by atoms with Gasteiger partial charge in [-0.2, -0.15) is 4.72 Å². The number of aryl methyl sites for hydroxylation is 1. The van der Waals surface area contributed by atoms with Gasteiger partial charge >= 0.3 is 5.97 Å². The van der Waals surface area contributed by atoms with Gasteiger partial charge in [-0.05, 0) is 25.3 Å². The summed E-state index contributed by atoms with van der Waals surface area (Å²) in [5.41, 5.74) is -0.532. The van der Waals surface area contributed by atoms with Crippen molar-refractivity contribution in [2.75, 3.05) is 5.75 Å². The summed E-state index contributed by atoms with van der Waals surface area (Å²) < 4.78 is 26.4. The number of carboxylic acid groups (broad SMARTS) is 1. The van der Waals surface area contributed by atoms with Gasteiger partial charge in [0.05, 0.1) is 5.75 Å². The first kappa shape index (κ1) is 16.7. The fraction of sp³-hybridized carbons (Fsp3) is 0.500. The highest BCUT2D eigenvalue weighted by Gasteiger charge is 2.36. The van der Waals surface area contributed by atoms with Gasteiger partial charge in [-0.15, -0.1) is 0 Å². The SMILES string of the molecule is CCCC(C)(NS(=O)(=O)CCc1ccccc1)C(=O)O. The summed E-state index contributed by atoms with van der Waals surface area (Å²) in [6.45, 7) is 3.22.